The average Bonchev–Trinajstić information content (AvgIpc) is 2.64. The van der Waals surface area contributed by atoms with Crippen molar-refractivity contribution in [2.75, 3.05) is 33.7 Å². The Morgan fingerprint density at radius 3 is 2.58 bits per heavy atom. The van der Waals surface area contributed by atoms with Crippen molar-refractivity contribution in [3.05, 3.63) is 77.4 Å². The van der Waals surface area contributed by atoms with Crippen LogP contribution in [0.15, 0.2) is 54.6 Å². The first-order chi connectivity index (χ1) is 12.4. The Labute approximate surface area is 152 Å². The van der Waals surface area contributed by atoms with E-state index in [4.69, 9.17) is 0 Å². The van der Waals surface area contributed by atoms with E-state index in [0.717, 1.165) is 17.7 Å². The van der Waals surface area contributed by atoms with Crippen LogP contribution in [0.5, 0.6) is 0 Å². The van der Waals surface area contributed by atoms with Crippen LogP contribution in [0.3, 0.4) is 0 Å². The maximum atomic E-state index is 14.3. The molecule has 3 nitrogen and oxygen atoms in total. The molecule has 1 amide bonds. The summed E-state index contributed by atoms with van der Waals surface area (Å²) in [5, 5.41) is 0. The second-order valence-electron chi connectivity index (χ2n) is 6.79. The molecule has 1 aliphatic heterocycles. The summed E-state index contributed by atoms with van der Waals surface area (Å²) in [5.41, 5.74) is 2.05. The predicted molar refractivity (Wildman–Crippen MR) is 98.7 cm³/mol. The van der Waals surface area contributed by atoms with Gasteiger partial charge in [-0.2, -0.15) is 0 Å². The van der Waals surface area contributed by atoms with Crippen LogP contribution in [0, 0.1) is 11.6 Å². The first kappa shape index (κ1) is 18.3. The lowest BCUT2D eigenvalue weighted by Gasteiger charge is -2.33. The Bertz CT molecular complexity index is 818. The lowest BCUT2D eigenvalue weighted by molar-refractivity contribution is -0.129. The highest BCUT2D eigenvalue weighted by Crippen LogP contribution is 2.31. The maximum absolute atomic E-state index is 14.3. The van der Waals surface area contributed by atoms with Gasteiger partial charge in [0.05, 0.1) is 6.54 Å². The number of nitrogens with zero attached hydrogens (tertiary/aromatic N) is 2. The third kappa shape index (κ3) is 4.17. The standard InChI is InChI=1S/C21H22F2N2O/c1-24(2)21(26)14-25-12-16(15-6-4-3-5-7-15)10-17(13-25)19-11-18(22)8-9-20(19)23/h3-11,16H,12-14H2,1-2H3. The summed E-state index contributed by atoms with van der Waals surface area (Å²) in [5.74, 6) is -0.930. The smallest absolute Gasteiger partial charge is 0.236 e. The fourth-order valence-electron chi connectivity index (χ4n) is 3.21. The van der Waals surface area contributed by atoms with E-state index in [2.05, 4.69) is 0 Å². The molecule has 5 heteroatoms. The highest BCUT2D eigenvalue weighted by Gasteiger charge is 2.25. The lowest BCUT2D eigenvalue weighted by atomic mass is 9.89. The molecule has 1 aliphatic rings. The van der Waals surface area contributed by atoms with Crippen LogP contribution in [0.4, 0.5) is 8.78 Å². The monoisotopic (exact) mass is 356 g/mol. The molecule has 2 aromatic carbocycles. The third-order valence-electron chi connectivity index (χ3n) is 4.61. The number of amides is 1. The third-order valence-corrected chi connectivity index (χ3v) is 4.61. The van der Waals surface area contributed by atoms with Crippen LogP contribution in [-0.2, 0) is 4.79 Å². The number of hydrogen-bond acceptors (Lipinski definition) is 2. The number of carbonyl (C=O) groups is 1. The van der Waals surface area contributed by atoms with Gasteiger partial charge in [0.2, 0.25) is 5.91 Å². The van der Waals surface area contributed by atoms with Crippen molar-refractivity contribution in [3.8, 4) is 0 Å². The van der Waals surface area contributed by atoms with Crippen LogP contribution < -0.4 is 0 Å². The Hall–Kier alpha value is -2.53. The van der Waals surface area contributed by atoms with Gasteiger partial charge in [-0.05, 0) is 29.3 Å². The van der Waals surface area contributed by atoms with Crippen LogP contribution in [-0.4, -0.2) is 49.4 Å². The van der Waals surface area contributed by atoms with Crippen molar-refractivity contribution in [3.63, 3.8) is 0 Å². The lowest BCUT2D eigenvalue weighted by Crippen LogP contribution is -2.41. The number of likely N-dealkylation sites (N-methyl/N-ethyl adjacent to an activating group) is 1. The molecule has 0 saturated carbocycles. The van der Waals surface area contributed by atoms with Gasteiger partial charge in [0.15, 0.2) is 0 Å². The van der Waals surface area contributed by atoms with Crippen molar-refractivity contribution in [1.82, 2.24) is 9.80 Å². The molecule has 0 saturated heterocycles. The molecular formula is C21H22F2N2O. The summed E-state index contributed by atoms with van der Waals surface area (Å²) in [7, 11) is 3.42. The van der Waals surface area contributed by atoms with Crippen LogP contribution in [0.25, 0.3) is 5.57 Å². The van der Waals surface area contributed by atoms with Crippen LogP contribution in [0.1, 0.15) is 17.0 Å². The highest BCUT2D eigenvalue weighted by atomic mass is 19.1. The molecule has 0 aromatic heterocycles. The van der Waals surface area contributed by atoms with Gasteiger partial charge in [-0.3, -0.25) is 9.69 Å². The summed E-state index contributed by atoms with van der Waals surface area (Å²) >= 11 is 0. The van der Waals surface area contributed by atoms with Gasteiger partial charge in [-0.15, -0.1) is 0 Å². The zero-order valence-corrected chi connectivity index (χ0v) is 15.0. The maximum Gasteiger partial charge on any atom is 0.236 e. The zero-order chi connectivity index (χ0) is 18.7. The van der Waals surface area contributed by atoms with E-state index < -0.39 is 11.6 Å². The van der Waals surface area contributed by atoms with E-state index in [0.29, 0.717) is 18.7 Å². The minimum Gasteiger partial charge on any atom is -0.348 e. The predicted octanol–water partition coefficient (Wildman–Crippen LogP) is 3.54. The van der Waals surface area contributed by atoms with Crippen molar-refractivity contribution in [2.24, 2.45) is 0 Å². The Kier molecular flexibility index (Phi) is 5.47. The van der Waals surface area contributed by atoms with Crippen LogP contribution >= 0.6 is 0 Å². The first-order valence-electron chi connectivity index (χ1n) is 8.57. The zero-order valence-electron chi connectivity index (χ0n) is 15.0. The summed E-state index contributed by atoms with van der Waals surface area (Å²) < 4.78 is 28.0. The number of rotatable bonds is 4. The van der Waals surface area contributed by atoms with Gasteiger partial charge in [0.1, 0.15) is 11.6 Å². The van der Waals surface area contributed by atoms with E-state index in [1.807, 2.05) is 41.3 Å². The molecule has 0 radical (unpaired) electrons. The molecule has 1 unspecified atom stereocenters. The first-order valence-corrected chi connectivity index (χ1v) is 8.57. The molecule has 136 valence electrons. The highest BCUT2D eigenvalue weighted by molar-refractivity contribution is 5.78. The topological polar surface area (TPSA) is 23.6 Å². The van der Waals surface area contributed by atoms with Gasteiger partial charge >= 0.3 is 0 Å². The van der Waals surface area contributed by atoms with E-state index in [1.54, 1.807) is 14.1 Å². The molecule has 2 aromatic rings. The average molecular weight is 356 g/mol. The number of halogens is 2. The van der Waals surface area contributed by atoms with Crippen molar-refractivity contribution in [2.45, 2.75) is 5.92 Å². The normalized spacial score (nSPS) is 17.7. The van der Waals surface area contributed by atoms with Gasteiger partial charge in [-0.1, -0.05) is 36.4 Å². The molecule has 26 heavy (non-hydrogen) atoms. The molecule has 1 atom stereocenters. The minimum atomic E-state index is -0.472. The second-order valence-corrected chi connectivity index (χ2v) is 6.79. The van der Waals surface area contributed by atoms with Gasteiger partial charge in [0, 0.05) is 38.7 Å². The molecule has 1 heterocycles. The molecule has 0 N–H and O–H groups in total. The number of benzene rings is 2. The van der Waals surface area contributed by atoms with E-state index >= 15 is 0 Å². The quantitative estimate of drug-likeness (QED) is 0.837. The Balaban J connectivity index is 1.96. The molecular weight excluding hydrogens is 334 g/mol. The largest absolute Gasteiger partial charge is 0.348 e. The second kappa shape index (κ2) is 7.79. The van der Waals surface area contributed by atoms with Gasteiger partial charge in [0.25, 0.3) is 0 Å². The van der Waals surface area contributed by atoms with Crippen molar-refractivity contribution >= 4 is 11.5 Å². The van der Waals surface area contributed by atoms with E-state index in [-0.39, 0.29) is 23.9 Å². The van der Waals surface area contributed by atoms with Gasteiger partial charge < -0.3 is 4.90 Å². The molecule has 0 aliphatic carbocycles. The molecule has 3 rings (SSSR count). The summed E-state index contributed by atoms with van der Waals surface area (Å²) in [6.07, 6.45) is 1.99. The van der Waals surface area contributed by atoms with Crippen molar-refractivity contribution in [1.29, 1.82) is 0 Å². The number of carbonyl (C=O) groups excluding carboxylic acids is 1. The fourth-order valence-corrected chi connectivity index (χ4v) is 3.21. The SMILES string of the molecule is CN(C)C(=O)CN1CC(c2cc(F)ccc2F)=CC(c2ccccc2)C1. The summed E-state index contributed by atoms with van der Waals surface area (Å²) in [4.78, 5) is 15.7. The van der Waals surface area contributed by atoms with Gasteiger partial charge in [-0.25, -0.2) is 8.78 Å². The molecule has 0 bridgehead atoms. The molecule has 0 fully saturated rings. The van der Waals surface area contributed by atoms with Crippen LogP contribution in [0.2, 0.25) is 0 Å². The summed E-state index contributed by atoms with van der Waals surface area (Å²) in [6.45, 7) is 1.30. The Morgan fingerprint density at radius 2 is 1.88 bits per heavy atom. The Morgan fingerprint density at radius 1 is 1.15 bits per heavy atom. The van der Waals surface area contributed by atoms with E-state index in [1.165, 1.54) is 11.0 Å². The molecule has 0 spiro atoms. The minimum absolute atomic E-state index is 0.0116. The number of hydrogen-bond donors (Lipinski definition) is 0. The summed E-state index contributed by atoms with van der Waals surface area (Å²) in [6, 6.07) is 13.4. The van der Waals surface area contributed by atoms with Crippen molar-refractivity contribution < 1.29 is 13.6 Å². The fraction of sp³-hybridized carbons (Fsp3) is 0.286. The van der Waals surface area contributed by atoms with E-state index in [9.17, 15) is 13.6 Å².